The Labute approximate surface area is 94.0 Å². The van der Waals surface area contributed by atoms with Crippen LogP contribution in [0.1, 0.15) is 29.4 Å². The molecule has 0 radical (unpaired) electrons. The lowest BCUT2D eigenvalue weighted by atomic mass is 10.1. The zero-order valence-corrected chi connectivity index (χ0v) is 8.81. The van der Waals surface area contributed by atoms with E-state index in [1.165, 1.54) is 23.3 Å². The smallest absolute Gasteiger partial charge is 0.123 e. The molecule has 1 heterocycles. The summed E-state index contributed by atoms with van der Waals surface area (Å²) in [7, 11) is 0. The molecule has 2 atom stereocenters. The molecule has 2 heteroatoms. The Balaban J connectivity index is 1.79. The van der Waals surface area contributed by atoms with Crippen LogP contribution in [0.4, 0.5) is 4.39 Å². The van der Waals surface area contributed by atoms with Crippen molar-refractivity contribution in [2.45, 2.75) is 18.3 Å². The van der Waals surface area contributed by atoms with Gasteiger partial charge in [0.05, 0.1) is 0 Å². The number of halogens is 1. The van der Waals surface area contributed by atoms with Crippen molar-refractivity contribution in [3.8, 4) is 0 Å². The van der Waals surface area contributed by atoms with E-state index < -0.39 is 0 Å². The summed E-state index contributed by atoms with van der Waals surface area (Å²) in [6.45, 7) is 0. The molecular formula is C14H12FN. The fraction of sp³-hybridized carbons (Fsp3) is 0.214. The highest BCUT2D eigenvalue weighted by molar-refractivity contribution is 5.35. The minimum absolute atomic E-state index is 0.165. The van der Waals surface area contributed by atoms with Crippen LogP contribution in [0.3, 0.4) is 0 Å². The second-order valence-electron chi connectivity index (χ2n) is 4.29. The number of nitrogens with zero attached hydrogens (tertiary/aromatic N) is 1. The predicted octanol–water partition coefficient (Wildman–Crippen LogP) is 3.49. The van der Waals surface area contributed by atoms with E-state index >= 15 is 0 Å². The zero-order chi connectivity index (χ0) is 11.0. The highest BCUT2D eigenvalue weighted by Crippen LogP contribution is 2.54. The van der Waals surface area contributed by atoms with Crippen LogP contribution in [0.25, 0.3) is 0 Å². The maximum atomic E-state index is 12.8. The van der Waals surface area contributed by atoms with Crippen molar-refractivity contribution < 1.29 is 4.39 Å². The summed E-state index contributed by atoms with van der Waals surface area (Å²) in [5, 5.41) is 0. The Bertz CT molecular complexity index is 478. The Hall–Kier alpha value is -1.70. The third-order valence-electron chi connectivity index (χ3n) is 3.20. The summed E-state index contributed by atoms with van der Waals surface area (Å²) in [5.41, 5.74) is 2.52. The van der Waals surface area contributed by atoms with Gasteiger partial charge in [-0.1, -0.05) is 18.2 Å². The molecule has 0 aliphatic heterocycles. The molecule has 0 unspecified atom stereocenters. The summed E-state index contributed by atoms with van der Waals surface area (Å²) < 4.78 is 12.8. The van der Waals surface area contributed by atoms with Crippen molar-refractivity contribution in [1.82, 2.24) is 4.98 Å². The van der Waals surface area contributed by atoms with E-state index in [0.717, 1.165) is 6.42 Å². The van der Waals surface area contributed by atoms with Crippen LogP contribution >= 0.6 is 0 Å². The number of hydrogen-bond donors (Lipinski definition) is 0. The predicted molar refractivity (Wildman–Crippen MR) is 60.7 cm³/mol. The standard InChI is InChI=1S/C14H12FN/c15-12-5-3-10(4-6-12)13-8-14(13)11-2-1-7-16-9-11/h1-7,9,13-14H,8H2/t13-,14-/m1/s1. The number of benzene rings is 1. The summed E-state index contributed by atoms with van der Waals surface area (Å²) in [6, 6.07) is 10.9. The van der Waals surface area contributed by atoms with Crippen molar-refractivity contribution in [2.24, 2.45) is 0 Å². The van der Waals surface area contributed by atoms with Gasteiger partial charge in [0.15, 0.2) is 0 Å². The topological polar surface area (TPSA) is 12.9 Å². The molecule has 1 nitrogen and oxygen atoms in total. The molecule has 1 saturated carbocycles. The largest absolute Gasteiger partial charge is 0.264 e. The van der Waals surface area contributed by atoms with E-state index in [4.69, 9.17) is 0 Å². The first kappa shape index (κ1) is 9.52. The maximum Gasteiger partial charge on any atom is 0.123 e. The molecule has 1 aromatic carbocycles. The van der Waals surface area contributed by atoms with E-state index in [0.29, 0.717) is 11.8 Å². The van der Waals surface area contributed by atoms with Gasteiger partial charge in [-0.25, -0.2) is 4.39 Å². The van der Waals surface area contributed by atoms with Crippen molar-refractivity contribution in [3.05, 3.63) is 65.7 Å². The monoisotopic (exact) mass is 213 g/mol. The Kier molecular flexibility index (Phi) is 2.21. The fourth-order valence-corrected chi connectivity index (χ4v) is 2.24. The van der Waals surface area contributed by atoms with Gasteiger partial charge in [-0.15, -0.1) is 0 Å². The molecule has 0 bridgehead atoms. The molecule has 0 N–H and O–H groups in total. The molecule has 1 aromatic heterocycles. The van der Waals surface area contributed by atoms with E-state index in [-0.39, 0.29) is 5.82 Å². The van der Waals surface area contributed by atoms with E-state index in [1.54, 1.807) is 6.20 Å². The van der Waals surface area contributed by atoms with Gasteiger partial charge in [0.2, 0.25) is 0 Å². The molecule has 0 saturated heterocycles. The van der Waals surface area contributed by atoms with E-state index in [1.807, 2.05) is 24.4 Å². The Morgan fingerprint density at radius 2 is 1.75 bits per heavy atom. The third-order valence-corrected chi connectivity index (χ3v) is 3.20. The van der Waals surface area contributed by atoms with Gasteiger partial charge in [0.1, 0.15) is 5.82 Å². The van der Waals surface area contributed by atoms with Crippen LogP contribution in [0.5, 0.6) is 0 Å². The van der Waals surface area contributed by atoms with Gasteiger partial charge in [0, 0.05) is 12.4 Å². The number of hydrogen-bond acceptors (Lipinski definition) is 1. The van der Waals surface area contributed by atoms with Crippen LogP contribution in [0, 0.1) is 5.82 Å². The van der Waals surface area contributed by atoms with Gasteiger partial charge >= 0.3 is 0 Å². The lowest BCUT2D eigenvalue weighted by molar-refractivity contribution is 0.627. The van der Waals surface area contributed by atoms with Crippen LogP contribution in [0.2, 0.25) is 0 Å². The first-order valence-electron chi connectivity index (χ1n) is 5.50. The van der Waals surface area contributed by atoms with Crippen molar-refractivity contribution >= 4 is 0 Å². The quantitative estimate of drug-likeness (QED) is 0.744. The van der Waals surface area contributed by atoms with Gasteiger partial charge < -0.3 is 0 Å². The minimum Gasteiger partial charge on any atom is -0.264 e. The second kappa shape index (κ2) is 3.71. The summed E-state index contributed by atoms with van der Waals surface area (Å²) in [6.07, 6.45) is 4.87. The summed E-state index contributed by atoms with van der Waals surface area (Å²) in [5.74, 6) is 0.950. The van der Waals surface area contributed by atoms with Crippen LogP contribution in [-0.2, 0) is 0 Å². The highest BCUT2D eigenvalue weighted by Gasteiger charge is 2.39. The molecule has 2 aromatic rings. The molecular weight excluding hydrogens is 201 g/mol. The highest BCUT2D eigenvalue weighted by atomic mass is 19.1. The SMILES string of the molecule is Fc1ccc([C@H]2C[C@@H]2c2cccnc2)cc1. The molecule has 16 heavy (non-hydrogen) atoms. The van der Waals surface area contributed by atoms with Crippen molar-refractivity contribution in [2.75, 3.05) is 0 Å². The molecule has 0 amide bonds. The maximum absolute atomic E-state index is 12.8. The lowest BCUT2D eigenvalue weighted by Crippen LogP contribution is -1.85. The normalized spacial score (nSPS) is 23.1. The van der Waals surface area contributed by atoms with Crippen LogP contribution in [0.15, 0.2) is 48.8 Å². The van der Waals surface area contributed by atoms with Crippen LogP contribution in [-0.4, -0.2) is 4.98 Å². The average molecular weight is 213 g/mol. The molecule has 3 rings (SSSR count). The van der Waals surface area contributed by atoms with Gasteiger partial charge in [-0.2, -0.15) is 0 Å². The van der Waals surface area contributed by atoms with E-state index in [2.05, 4.69) is 11.1 Å². The molecule has 1 aliphatic rings. The molecule has 80 valence electrons. The third kappa shape index (κ3) is 1.71. The number of aromatic nitrogens is 1. The van der Waals surface area contributed by atoms with Crippen LogP contribution < -0.4 is 0 Å². The van der Waals surface area contributed by atoms with Crippen molar-refractivity contribution in [1.29, 1.82) is 0 Å². The molecule has 1 aliphatic carbocycles. The Morgan fingerprint density at radius 1 is 1.00 bits per heavy atom. The first-order valence-corrected chi connectivity index (χ1v) is 5.50. The summed E-state index contributed by atoms with van der Waals surface area (Å²) >= 11 is 0. The minimum atomic E-state index is -0.165. The van der Waals surface area contributed by atoms with Crippen molar-refractivity contribution in [3.63, 3.8) is 0 Å². The molecule has 0 spiro atoms. The van der Waals surface area contributed by atoms with Gasteiger partial charge in [0.25, 0.3) is 0 Å². The Morgan fingerprint density at radius 3 is 2.44 bits per heavy atom. The number of pyridine rings is 1. The summed E-state index contributed by atoms with van der Waals surface area (Å²) in [4.78, 5) is 4.13. The van der Waals surface area contributed by atoms with Gasteiger partial charge in [-0.3, -0.25) is 4.98 Å². The lowest BCUT2D eigenvalue weighted by Gasteiger charge is -2.00. The fourth-order valence-electron chi connectivity index (χ4n) is 2.24. The average Bonchev–Trinajstić information content (AvgIpc) is 3.11. The van der Waals surface area contributed by atoms with Gasteiger partial charge in [-0.05, 0) is 47.6 Å². The molecule has 1 fully saturated rings. The van der Waals surface area contributed by atoms with E-state index in [9.17, 15) is 4.39 Å². The second-order valence-corrected chi connectivity index (χ2v) is 4.29. The number of rotatable bonds is 2. The first-order chi connectivity index (χ1) is 7.84. The zero-order valence-electron chi connectivity index (χ0n) is 8.81.